The Labute approximate surface area is 148 Å². The lowest BCUT2D eigenvalue weighted by atomic mass is 10.1. The molecule has 24 heavy (non-hydrogen) atoms. The fourth-order valence-corrected chi connectivity index (χ4v) is 2.30. The first-order valence-electron chi connectivity index (χ1n) is 6.36. The van der Waals surface area contributed by atoms with Gasteiger partial charge in [-0.25, -0.2) is 0 Å². The van der Waals surface area contributed by atoms with Crippen molar-refractivity contribution in [1.82, 2.24) is 0 Å². The maximum atomic E-state index is 13.1. The van der Waals surface area contributed by atoms with Crippen molar-refractivity contribution in [1.29, 1.82) is 0 Å². The van der Waals surface area contributed by atoms with Crippen LogP contribution in [-0.4, -0.2) is 10.0 Å². The Bertz CT molecular complexity index is 782. The van der Waals surface area contributed by atoms with Crippen LogP contribution in [0.2, 0.25) is 0 Å². The molecule has 0 aliphatic heterocycles. The van der Waals surface area contributed by atoms with Crippen molar-refractivity contribution >= 4 is 50.3 Å². The van der Waals surface area contributed by atoms with Crippen LogP contribution in [0.15, 0.2) is 46.9 Å². The van der Waals surface area contributed by atoms with Crippen LogP contribution in [0.1, 0.15) is 5.56 Å². The van der Waals surface area contributed by atoms with Gasteiger partial charge in [0.1, 0.15) is 0 Å². The molecular weight excluding hydrogens is 411 g/mol. The van der Waals surface area contributed by atoms with Gasteiger partial charge >= 0.3 is 6.18 Å². The molecule has 0 heterocycles. The number of nitro benzene ring substituents is 1. The summed E-state index contributed by atoms with van der Waals surface area (Å²) >= 11 is 8.24. The molecule has 0 unspecified atom stereocenters. The van der Waals surface area contributed by atoms with E-state index in [1.165, 1.54) is 0 Å². The summed E-state index contributed by atoms with van der Waals surface area (Å²) in [5.41, 5.74) is -1.62. The van der Waals surface area contributed by atoms with Crippen LogP contribution in [-0.2, 0) is 6.18 Å². The molecule has 126 valence electrons. The Morgan fingerprint density at radius 3 is 2.29 bits per heavy atom. The van der Waals surface area contributed by atoms with Crippen LogP contribution >= 0.6 is 28.1 Å². The highest BCUT2D eigenvalue weighted by Gasteiger charge is 2.35. The van der Waals surface area contributed by atoms with Gasteiger partial charge in [-0.05, 0) is 42.5 Å². The van der Waals surface area contributed by atoms with Gasteiger partial charge in [-0.1, -0.05) is 15.9 Å². The second-order valence-electron chi connectivity index (χ2n) is 4.57. The predicted molar refractivity (Wildman–Crippen MR) is 92.1 cm³/mol. The third-order valence-corrected chi connectivity index (χ3v) is 3.60. The summed E-state index contributed by atoms with van der Waals surface area (Å²) in [6, 6.07) is 9.23. The van der Waals surface area contributed by atoms with E-state index < -0.39 is 22.4 Å². The molecule has 0 aliphatic carbocycles. The lowest BCUT2D eigenvalue weighted by Gasteiger charge is -2.15. The fraction of sp³-hybridized carbons (Fsp3) is 0.0714. The largest absolute Gasteiger partial charge is 0.418 e. The van der Waals surface area contributed by atoms with E-state index in [2.05, 4.69) is 26.6 Å². The van der Waals surface area contributed by atoms with Crippen molar-refractivity contribution in [3.8, 4) is 0 Å². The Hall–Kier alpha value is -2.20. The first-order chi connectivity index (χ1) is 11.2. The number of hydrogen-bond acceptors (Lipinski definition) is 3. The lowest BCUT2D eigenvalue weighted by Crippen LogP contribution is -2.21. The van der Waals surface area contributed by atoms with Gasteiger partial charge in [0.25, 0.3) is 5.69 Å². The maximum Gasteiger partial charge on any atom is 0.418 e. The number of non-ortho nitro benzene ring substituents is 1. The molecule has 10 heteroatoms. The van der Waals surface area contributed by atoms with Gasteiger partial charge in [0.2, 0.25) is 0 Å². The van der Waals surface area contributed by atoms with Crippen molar-refractivity contribution in [2.45, 2.75) is 6.18 Å². The van der Waals surface area contributed by atoms with Crippen molar-refractivity contribution in [3.05, 3.63) is 62.6 Å². The van der Waals surface area contributed by atoms with Gasteiger partial charge in [-0.15, -0.1) is 0 Å². The molecule has 2 rings (SSSR count). The summed E-state index contributed by atoms with van der Waals surface area (Å²) in [5, 5.41) is 15.7. The van der Waals surface area contributed by atoms with E-state index >= 15 is 0 Å². The normalized spacial score (nSPS) is 11.0. The molecule has 2 aromatic carbocycles. The number of nitrogens with zero attached hydrogens (tertiary/aromatic N) is 1. The van der Waals surface area contributed by atoms with Gasteiger partial charge in [0.05, 0.1) is 16.2 Å². The van der Waals surface area contributed by atoms with E-state index in [0.29, 0.717) is 11.8 Å². The SMILES string of the molecule is O=[N+]([O-])c1ccc(NC(=S)Nc2ccc(Br)cc2)c(C(F)(F)F)c1. The van der Waals surface area contributed by atoms with Crippen LogP contribution in [0.25, 0.3) is 0 Å². The second-order valence-corrected chi connectivity index (χ2v) is 5.89. The molecule has 0 aromatic heterocycles. The zero-order valence-corrected chi connectivity index (χ0v) is 14.1. The lowest BCUT2D eigenvalue weighted by molar-refractivity contribution is -0.385. The van der Waals surface area contributed by atoms with Crippen LogP contribution in [0.3, 0.4) is 0 Å². The molecule has 0 bridgehead atoms. The summed E-state index contributed by atoms with van der Waals surface area (Å²) in [7, 11) is 0. The van der Waals surface area contributed by atoms with Crippen molar-refractivity contribution in [2.75, 3.05) is 10.6 Å². The number of halogens is 4. The summed E-state index contributed by atoms with van der Waals surface area (Å²) < 4.78 is 40.1. The third-order valence-electron chi connectivity index (χ3n) is 2.87. The summed E-state index contributed by atoms with van der Waals surface area (Å²) in [6.45, 7) is 0. The zero-order valence-electron chi connectivity index (χ0n) is 11.7. The van der Waals surface area contributed by atoms with Crippen molar-refractivity contribution < 1.29 is 18.1 Å². The van der Waals surface area contributed by atoms with E-state index in [0.717, 1.165) is 16.6 Å². The van der Waals surface area contributed by atoms with Crippen LogP contribution < -0.4 is 10.6 Å². The van der Waals surface area contributed by atoms with Gasteiger partial charge < -0.3 is 10.6 Å². The predicted octanol–water partition coefficient (Wildman–Crippen LogP) is 5.19. The molecule has 2 aromatic rings. The molecule has 0 saturated heterocycles. The zero-order chi connectivity index (χ0) is 17.9. The number of alkyl halides is 3. The highest BCUT2D eigenvalue weighted by atomic mass is 79.9. The number of thiocarbonyl (C=S) groups is 1. The molecule has 0 aliphatic rings. The van der Waals surface area contributed by atoms with Gasteiger partial charge in [-0.2, -0.15) is 13.2 Å². The minimum Gasteiger partial charge on any atom is -0.332 e. The minimum absolute atomic E-state index is 0.0725. The highest BCUT2D eigenvalue weighted by molar-refractivity contribution is 9.10. The monoisotopic (exact) mass is 419 g/mol. The Morgan fingerprint density at radius 2 is 1.75 bits per heavy atom. The summed E-state index contributed by atoms with van der Waals surface area (Å²) in [6.07, 6.45) is -4.76. The highest BCUT2D eigenvalue weighted by Crippen LogP contribution is 2.37. The average molecular weight is 420 g/mol. The molecule has 0 saturated carbocycles. The van der Waals surface area contributed by atoms with E-state index in [4.69, 9.17) is 12.2 Å². The molecular formula is C14H9BrF3N3O2S. The molecule has 0 atom stereocenters. The Balaban J connectivity index is 2.23. The number of hydrogen-bond donors (Lipinski definition) is 2. The molecule has 5 nitrogen and oxygen atoms in total. The molecule has 0 radical (unpaired) electrons. The number of nitro groups is 1. The van der Waals surface area contributed by atoms with Crippen LogP contribution in [0.4, 0.5) is 30.2 Å². The van der Waals surface area contributed by atoms with E-state index in [9.17, 15) is 23.3 Å². The smallest absolute Gasteiger partial charge is 0.332 e. The minimum atomic E-state index is -4.76. The van der Waals surface area contributed by atoms with E-state index in [-0.39, 0.29) is 10.8 Å². The Morgan fingerprint density at radius 1 is 1.12 bits per heavy atom. The number of rotatable bonds is 3. The van der Waals surface area contributed by atoms with E-state index in [1.807, 2.05) is 0 Å². The molecule has 0 fully saturated rings. The second kappa shape index (κ2) is 7.14. The van der Waals surface area contributed by atoms with Gasteiger partial charge in [0.15, 0.2) is 5.11 Å². The maximum absolute atomic E-state index is 13.1. The molecule has 0 spiro atoms. The van der Waals surface area contributed by atoms with Crippen LogP contribution in [0.5, 0.6) is 0 Å². The Kier molecular flexibility index (Phi) is 5.40. The summed E-state index contributed by atoms with van der Waals surface area (Å²) in [5.74, 6) is 0. The quantitative estimate of drug-likeness (QED) is 0.407. The first-order valence-corrected chi connectivity index (χ1v) is 7.56. The van der Waals surface area contributed by atoms with Crippen molar-refractivity contribution in [3.63, 3.8) is 0 Å². The fourth-order valence-electron chi connectivity index (χ4n) is 1.81. The van der Waals surface area contributed by atoms with Crippen LogP contribution in [0, 0.1) is 10.1 Å². The standard InChI is InChI=1S/C14H9BrF3N3O2S/c15-8-1-3-9(4-2-8)19-13(24)20-12-6-5-10(21(22)23)7-11(12)14(16,17)18/h1-7H,(H2,19,20,24). The van der Waals surface area contributed by atoms with Gasteiger partial charge in [0, 0.05) is 22.3 Å². The first kappa shape index (κ1) is 18.1. The molecule has 2 N–H and O–H groups in total. The number of benzene rings is 2. The summed E-state index contributed by atoms with van der Waals surface area (Å²) in [4.78, 5) is 9.77. The van der Waals surface area contributed by atoms with Gasteiger partial charge in [-0.3, -0.25) is 10.1 Å². The number of nitrogens with one attached hydrogen (secondary N) is 2. The topological polar surface area (TPSA) is 67.2 Å². The van der Waals surface area contributed by atoms with Crippen molar-refractivity contribution in [2.24, 2.45) is 0 Å². The molecule has 0 amide bonds. The number of anilines is 2. The third kappa shape index (κ3) is 4.65. The van der Waals surface area contributed by atoms with E-state index in [1.54, 1.807) is 24.3 Å². The average Bonchev–Trinajstić information content (AvgIpc) is 2.48.